The van der Waals surface area contributed by atoms with E-state index < -0.39 is 0 Å². The Morgan fingerprint density at radius 2 is 2.00 bits per heavy atom. The molecule has 1 aliphatic heterocycles. The second-order valence-electron chi connectivity index (χ2n) is 5.21. The van der Waals surface area contributed by atoms with Crippen molar-refractivity contribution in [2.24, 2.45) is 5.92 Å². The van der Waals surface area contributed by atoms with Crippen molar-refractivity contribution in [3.05, 3.63) is 0 Å². The molecule has 1 amide bonds. The predicted octanol–water partition coefficient (Wildman–Crippen LogP) is 2.02. The Labute approximate surface area is 99.6 Å². The fourth-order valence-electron chi connectivity index (χ4n) is 2.16. The van der Waals surface area contributed by atoms with Crippen molar-refractivity contribution in [3.8, 4) is 0 Å². The lowest BCUT2D eigenvalue weighted by atomic mass is 10.0. The highest BCUT2D eigenvalue weighted by atomic mass is 16.2. The summed E-state index contributed by atoms with van der Waals surface area (Å²) in [5, 5.41) is 3.53. The van der Waals surface area contributed by atoms with Gasteiger partial charge in [0.05, 0.1) is 0 Å². The zero-order valence-corrected chi connectivity index (χ0v) is 11.0. The van der Waals surface area contributed by atoms with Crippen LogP contribution < -0.4 is 5.32 Å². The van der Waals surface area contributed by atoms with Crippen molar-refractivity contribution < 1.29 is 4.79 Å². The Hall–Kier alpha value is -0.570. The molecule has 1 fully saturated rings. The zero-order valence-electron chi connectivity index (χ0n) is 11.0. The first-order chi connectivity index (χ1) is 7.63. The van der Waals surface area contributed by atoms with Gasteiger partial charge in [0.1, 0.15) is 0 Å². The summed E-state index contributed by atoms with van der Waals surface area (Å²) in [5.74, 6) is 0.812. The Morgan fingerprint density at radius 1 is 1.38 bits per heavy atom. The van der Waals surface area contributed by atoms with E-state index in [0.29, 0.717) is 24.3 Å². The fraction of sp³-hybridized carbons (Fsp3) is 0.923. The molecule has 1 N–H and O–H groups in total. The maximum atomic E-state index is 11.8. The van der Waals surface area contributed by atoms with Gasteiger partial charge in [0.25, 0.3) is 0 Å². The molecule has 1 heterocycles. The number of piperidine rings is 1. The van der Waals surface area contributed by atoms with Crippen LogP contribution in [-0.2, 0) is 4.79 Å². The average molecular weight is 226 g/mol. The second-order valence-corrected chi connectivity index (χ2v) is 5.21. The van der Waals surface area contributed by atoms with E-state index in [9.17, 15) is 4.79 Å². The minimum atomic E-state index is 0.337. The third-order valence-corrected chi connectivity index (χ3v) is 3.11. The number of nitrogens with one attached hydrogen (secondary N) is 1. The second kappa shape index (κ2) is 6.89. The third-order valence-electron chi connectivity index (χ3n) is 3.11. The summed E-state index contributed by atoms with van der Waals surface area (Å²) in [5.41, 5.74) is 0. The smallest absolute Gasteiger partial charge is 0.222 e. The molecule has 0 atom stereocenters. The van der Waals surface area contributed by atoms with Gasteiger partial charge in [-0.25, -0.2) is 0 Å². The lowest BCUT2D eigenvalue weighted by molar-refractivity contribution is -0.133. The molecule has 1 saturated heterocycles. The van der Waals surface area contributed by atoms with Crippen LogP contribution in [0.2, 0.25) is 0 Å². The summed E-state index contributed by atoms with van der Waals surface area (Å²) >= 11 is 0. The maximum absolute atomic E-state index is 11.8. The molecule has 1 aliphatic rings. The molecule has 0 bridgehead atoms. The summed E-state index contributed by atoms with van der Waals surface area (Å²) in [6.07, 6.45) is 4.12. The van der Waals surface area contributed by atoms with Gasteiger partial charge in [-0.1, -0.05) is 20.8 Å². The van der Waals surface area contributed by atoms with Crippen LogP contribution in [0.15, 0.2) is 0 Å². The molecule has 0 aromatic heterocycles. The molecule has 0 aromatic rings. The number of carbonyl (C=O) groups excluding carboxylic acids is 1. The van der Waals surface area contributed by atoms with E-state index in [-0.39, 0.29) is 0 Å². The predicted molar refractivity (Wildman–Crippen MR) is 67.4 cm³/mol. The highest BCUT2D eigenvalue weighted by Crippen LogP contribution is 2.13. The van der Waals surface area contributed by atoms with Crippen LogP contribution in [0.1, 0.15) is 46.5 Å². The summed E-state index contributed by atoms with van der Waals surface area (Å²) < 4.78 is 0. The summed E-state index contributed by atoms with van der Waals surface area (Å²) in [6, 6.07) is 0.628. The largest absolute Gasteiger partial charge is 0.343 e. The van der Waals surface area contributed by atoms with Gasteiger partial charge in [0.15, 0.2) is 0 Å². The molecule has 0 unspecified atom stereocenters. The minimum absolute atomic E-state index is 0.337. The maximum Gasteiger partial charge on any atom is 0.222 e. The van der Waals surface area contributed by atoms with Gasteiger partial charge < -0.3 is 10.2 Å². The van der Waals surface area contributed by atoms with Crippen molar-refractivity contribution in [2.45, 2.75) is 52.5 Å². The van der Waals surface area contributed by atoms with E-state index in [2.05, 4.69) is 26.1 Å². The van der Waals surface area contributed by atoms with E-state index in [1.807, 2.05) is 4.90 Å². The number of amides is 1. The lowest BCUT2D eigenvalue weighted by Crippen LogP contribution is -2.45. The first-order valence-corrected chi connectivity index (χ1v) is 6.64. The van der Waals surface area contributed by atoms with Gasteiger partial charge in [-0.2, -0.15) is 0 Å². The van der Waals surface area contributed by atoms with Crippen LogP contribution in [0.5, 0.6) is 0 Å². The van der Waals surface area contributed by atoms with Crippen LogP contribution >= 0.6 is 0 Å². The van der Waals surface area contributed by atoms with E-state index in [0.717, 1.165) is 32.5 Å². The molecule has 0 aromatic carbocycles. The van der Waals surface area contributed by atoms with Crippen LogP contribution in [0.25, 0.3) is 0 Å². The van der Waals surface area contributed by atoms with Crippen molar-refractivity contribution in [2.75, 3.05) is 19.6 Å². The van der Waals surface area contributed by atoms with Crippen molar-refractivity contribution >= 4 is 5.91 Å². The molecule has 3 heteroatoms. The number of nitrogens with zero attached hydrogens (tertiary/aromatic N) is 1. The molecular weight excluding hydrogens is 200 g/mol. The number of rotatable bonds is 5. The normalized spacial score (nSPS) is 18.1. The highest BCUT2D eigenvalue weighted by molar-refractivity contribution is 5.76. The first kappa shape index (κ1) is 13.5. The van der Waals surface area contributed by atoms with Gasteiger partial charge in [0, 0.05) is 25.6 Å². The first-order valence-electron chi connectivity index (χ1n) is 6.64. The third kappa shape index (κ3) is 4.52. The van der Waals surface area contributed by atoms with E-state index in [1.165, 1.54) is 6.42 Å². The van der Waals surface area contributed by atoms with Crippen LogP contribution in [0, 0.1) is 5.92 Å². The van der Waals surface area contributed by atoms with E-state index in [1.54, 1.807) is 0 Å². The monoisotopic (exact) mass is 226 g/mol. The number of hydrogen-bond acceptors (Lipinski definition) is 2. The van der Waals surface area contributed by atoms with Gasteiger partial charge in [-0.3, -0.25) is 4.79 Å². The fourth-order valence-corrected chi connectivity index (χ4v) is 2.16. The van der Waals surface area contributed by atoms with Gasteiger partial charge in [0.2, 0.25) is 5.91 Å². The quantitative estimate of drug-likeness (QED) is 0.778. The van der Waals surface area contributed by atoms with Crippen molar-refractivity contribution in [1.82, 2.24) is 10.2 Å². The zero-order chi connectivity index (χ0) is 12.0. The Morgan fingerprint density at radius 3 is 2.50 bits per heavy atom. The molecule has 3 nitrogen and oxygen atoms in total. The number of carbonyl (C=O) groups is 1. The molecule has 1 rings (SSSR count). The summed E-state index contributed by atoms with van der Waals surface area (Å²) in [7, 11) is 0. The van der Waals surface area contributed by atoms with E-state index >= 15 is 0 Å². The number of hydrogen-bond donors (Lipinski definition) is 1. The molecule has 16 heavy (non-hydrogen) atoms. The molecular formula is C13H26N2O. The molecule has 0 aliphatic carbocycles. The molecule has 0 saturated carbocycles. The van der Waals surface area contributed by atoms with Crippen LogP contribution in [0.4, 0.5) is 0 Å². The number of likely N-dealkylation sites (tertiary alicyclic amines) is 1. The average Bonchev–Trinajstić information content (AvgIpc) is 2.26. The van der Waals surface area contributed by atoms with Crippen molar-refractivity contribution in [1.29, 1.82) is 0 Å². The topological polar surface area (TPSA) is 32.3 Å². The standard InChI is InChI=1S/C13H26N2O/c1-4-7-14-12-5-8-15(9-6-12)13(16)10-11(2)3/h11-12,14H,4-10H2,1-3H3. The van der Waals surface area contributed by atoms with Gasteiger partial charge >= 0.3 is 0 Å². The SMILES string of the molecule is CCCNC1CCN(C(=O)CC(C)C)CC1. The van der Waals surface area contributed by atoms with Gasteiger partial charge in [-0.05, 0) is 31.7 Å². The highest BCUT2D eigenvalue weighted by Gasteiger charge is 2.22. The van der Waals surface area contributed by atoms with Gasteiger partial charge in [-0.15, -0.1) is 0 Å². The molecule has 0 radical (unpaired) electrons. The van der Waals surface area contributed by atoms with Crippen molar-refractivity contribution in [3.63, 3.8) is 0 Å². The molecule has 0 spiro atoms. The van der Waals surface area contributed by atoms with Crippen LogP contribution in [0.3, 0.4) is 0 Å². The summed E-state index contributed by atoms with van der Waals surface area (Å²) in [6.45, 7) is 9.37. The van der Waals surface area contributed by atoms with Crippen LogP contribution in [-0.4, -0.2) is 36.5 Å². The Bertz CT molecular complexity index is 208. The van der Waals surface area contributed by atoms with E-state index in [4.69, 9.17) is 0 Å². The molecule has 94 valence electrons. The Kier molecular flexibility index (Phi) is 5.81. The Balaban J connectivity index is 2.23. The summed E-state index contributed by atoms with van der Waals surface area (Å²) in [4.78, 5) is 13.9. The lowest BCUT2D eigenvalue weighted by Gasteiger charge is -2.33. The minimum Gasteiger partial charge on any atom is -0.343 e.